The molecule has 3 aliphatic rings. The van der Waals surface area contributed by atoms with Crippen molar-refractivity contribution in [3.05, 3.63) is 12.4 Å². The fourth-order valence-corrected chi connectivity index (χ4v) is 4.41. The Bertz CT molecular complexity index is 612. The highest BCUT2D eigenvalue weighted by molar-refractivity contribution is 5.74. The number of rotatable bonds is 4. The summed E-state index contributed by atoms with van der Waals surface area (Å²) in [5, 5.41) is 6.30. The molecule has 3 fully saturated rings. The Hall–Kier alpha value is -2.05. The van der Waals surface area contributed by atoms with Crippen LogP contribution in [0.2, 0.25) is 0 Å². The Labute approximate surface area is 155 Å². The van der Waals surface area contributed by atoms with Crippen molar-refractivity contribution in [1.82, 2.24) is 20.6 Å². The van der Waals surface area contributed by atoms with Crippen LogP contribution in [0.4, 0.5) is 16.4 Å². The molecule has 4 rings (SSSR count). The molecule has 1 aromatic heterocycles. The van der Waals surface area contributed by atoms with Crippen molar-refractivity contribution in [2.75, 3.05) is 36.0 Å². The summed E-state index contributed by atoms with van der Waals surface area (Å²) in [4.78, 5) is 25.8. The normalized spacial score (nSPS) is 24.1. The lowest BCUT2D eigenvalue weighted by atomic mass is 10.1. The van der Waals surface area contributed by atoms with Crippen LogP contribution in [0, 0.1) is 0 Å². The molecule has 3 heterocycles. The zero-order chi connectivity index (χ0) is 17.8. The molecular weight excluding hydrogens is 328 g/mol. The lowest BCUT2D eigenvalue weighted by Crippen LogP contribution is -2.52. The first-order valence-electron chi connectivity index (χ1n) is 10.2. The first kappa shape index (κ1) is 17.4. The third-order valence-corrected chi connectivity index (χ3v) is 5.84. The van der Waals surface area contributed by atoms with Crippen molar-refractivity contribution >= 4 is 17.7 Å². The number of hydrogen-bond acceptors (Lipinski definition) is 5. The molecule has 2 amide bonds. The number of hydrogen-bond donors (Lipinski definition) is 2. The Morgan fingerprint density at radius 2 is 1.46 bits per heavy atom. The van der Waals surface area contributed by atoms with Crippen molar-refractivity contribution in [1.29, 1.82) is 0 Å². The van der Waals surface area contributed by atoms with Gasteiger partial charge in [0.15, 0.2) is 0 Å². The minimum Gasteiger partial charge on any atom is -0.356 e. The summed E-state index contributed by atoms with van der Waals surface area (Å²) >= 11 is 0. The van der Waals surface area contributed by atoms with E-state index in [1.807, 2.05) is 0 Å². The lowest BCUT2D eigenvalue weighted by molar-refractivity contribution is 0.231. The van der Waals surface area contributed by atoms with Gasteiger partial charge < -0.3 is 20.4 Å². The predicted octanol–water partition coefficient (Wildman–Crippen LogP) is 2.29. The van der Waals surface area contributed by atoms with E-state index in [1.165, 1.54) is 25.7 Å². The molecule has 0 radical (unpaired) electrons. The molecule has 2 saturated heterocycles. The molecule has 1 atom stereocenters. The quantitative estimate of drug-likeness (QED) is 0.864. The van der Waals surface area contributed by atoms with Crippen LogP contribution in [0.1, 0.15) is 51.4 Å². The molecule has 1 aromatic rings. The second kappa shape index (κ2) is 8.10. The van der Waals surface area contributed by atoms with Crippen molar-refractivity contribution < 1.29 is 4.79 Å². The number of nitrogens with one attached hydrogen (secondary N) is 2. The van der Waals surface area contributed by atoms with Crippen LogP contribution in [0.3, 0.4) is 0 Å². The highest BCUT2D eigenvalue weighted by Gasteiger charge is 2.25. The molecule has 1 saturated carbocycles. The van der Waals surface area contributed by atoms with Gasteiger partial charge in [0.1, 0.15) is 18.0 Å². The Balaban J connectivity index is 1.34. The molecule has 26 heavy (non-hydrogen) atoms. The summed E-state index contributed by atoms with van der Waals surface area (Å²) in [5.41, 5.74) is 0. The number of carbonyl (C=O) groups excluding carboxylic acids is 1. The second-order valence-corrected chi connectivity index (χ2v) is 7.81. The molecule has 142 valence electrons. The van der Waals surface area contributed by atoms with Gasteiger partial charge in [0.25, 0.3) is 0 Å². The lowest BCUT2D eigenvalue weighted by Gasteiger charge is -2.34. The van der Waals surface area contributed by atoms with Gasteiger partial charge in [-0.3, -0.25) is 0 Å². The fourth-order valence-electron chi connectivity index (χ4n) is 4.41. The SMILES string of the molecule is O=C(NC1CCCC1)NC1CCCN(c2cc(N3CCCC3)ncn2)C1. The maximum absolute atomic E-state index is 12.3. The first-order valence-corrected chi connectivity index (χ1v) is 10.2. The predicted molar refractivity (Wildman–Crippen MR) is 103 cm³/mol. The first-order chi connectivity index (χ1) is 12.8. The largest absolute Gasteiger partial charge is 0.356 e. The van der Waals surface area contributed by atoms with E-state index in [-0.39, 0.29) is 12.1 Å². The van der Waals surface area contributed by atoms with E-state index in [0.717, 1.165) is 63.5 Å². The van der Waals surface area contributed by atoms with Gasteiger partial charge in [0.05, 0.1) is 0 Å². The summed E-state index contributed by atoms with van der Waals surface area (Å²) in [5.74, 6) is 2.01. The van der Waals surface area contributed by atoms with Crippen LogP contribution >= 0.6 is 0 Å². The smallest absolute Gasteiger partial charge is 0.315 e. The average molecular weight is 358 g/mol. The summed E-state index contributed by atoms with van der Waals surface area (Å²) in [6, 6.07) is 2.63. The standard InChI is InChI=1S/C19H30N6O/c26-19(22-15-6-1-2-7-15)23-16-8-5-11-25(13-16)18-12-17(20-14-21-18)24-9-3-4-10-24/h12,14-16H,1-11,13H2,(H2,22,23,26). The maximum atomic E-state index is 12.3. The van der Waals surface area contributed by atoms with Gasteiger partial charge >= 0.3 is 6.03 Å². The molecule has 1 unspecified atom stereocenters. The number of carbonyl (C=O) groups is 1. The molecule has 7 nitrogen and oxygen atoms in total. The molecular formula is C19H30N6O. The van der Waals surface area contributed by atoms with Crippen LogP contribution < -0.4 is 20.4 Å². The van der Waals surface area contributed by atoms with E-state index in [9.17, 15) is 4.79 Å². The highest BCUT2D eigenvalue weighted by Crippen LogP contribution is 2.24. The average Bonchev–Trinajstić information content (AvgIpc) is 3.36. The third kappa shape index (κ3) is 4.19. The topological polar surface area (TPSA) is 73.4 Å². The van der Waals surface area contributed by atoms with E-state index in [4.69, 9.17) is 0 Å². The molecule has 0 spiro atoms. The number of amides is 2. The number of urea groups is 1. The zero-order valence-electron chi connectivity index (χ0n) is 15.5. The van der Waals surface area contributed by atoms with E-state index in [0.29, 0.717) is 6.04 Å². The van der Waals surface area contributed by atoms with Crippen molar-refractivity contribution in [3.63, 3.8) is 0 Å². The Morgan fingerprint density at radius 3 is 2.23 bits per heavy atom. The number of nitrogens with zero attached hydrogens (tertiary/aromatic N) is 4. The monoisotopic (exact) mass is 358 g/mol. The third-order valence-electron chi connectivity index (χ3n) is 5.84. The minimum atomic E-state index is -0.0100. The van der Waals surface area contributed by atoms with E-state index < -0.39 is 0 Å². The Kier molecular flexibility index (Phi) is 5.41. The number of aromatic nitrogens is 2. The van der Waals surface area contributed by atoms with E-state index >= 15 is 0 Å². The van der Waals surface area contributed by atoms with E-state index in [1.54, 1.807) is 6.33 Å². The number of piperidine rings is 1. The zero-order valence-corrected chi connectivity index (χ0v) is 15.5. The highest BCUT2D eigenvalue weighted by atomic mass is 16.2. The van der Waals surface area contributed by atoms with Crippen LogP contribution in [-0.2, 0) is 0 Å². The molecule has 1 aliphatic carbocycles. The molecule has 2 aliphatic heterocycles. The second-order valence-electron chi connectivity index (χ2n) is 7.81. The molecule has 2 N–H and O–H groups in total. The Morgan fingerprint density at radius 1 is 0.846 bits per heavy atom. The van der Waals surface area contributed by atoms with Crippen LogP contribution in [0.5, 0.6) is 0 Å². The molecule has 0 aromatic carbocycles. The molecule has 7 heteroatoms. The summed E-state index contributed by atoms with van der Waals surface area (Å²) in [6.45, 7) is 3.97. The maximum Gasteiger partial charge on any atom is 0.315 e. The van der Waals surface area contributed by atoms with Crippen LogP contribution in [0.15, 0.2) is 12.4 Å². The van der Waals surface area contributed by atoms with Gasteiger partial charge in [-0.2, -0.15) is 0 Å². The summed E-state index contributed by atoms with van der Waals surface area (Å²) < 4.78 is 0. The van der Waals surface area contributed by atoms with Gasteiger partial charge in [0, 0.05) is 44.3 Å². The van der Waals surface area contributed by atoms with Gasteiger partial charge in [-0.25, -0.2) is 14.8 Å². The summed E-state index contributed by atoms with van der Waals surface area (Å²) in [6.07, 6.45) is 10.9. The van der Waals surface area contributed by atoms with Gasteiger partial charge in [0.2, 0.25) is 0 Å². The van der Waals surface area contributed by atoms with Gasteiger partial charge in [-0.15, -0.1) is 0 Å². The van der Waals surface area contributed by atoms with Crippen LogP contribution in [-0.4, -0.2) is 54.3 Å². The van der Waals surface area contributed by atoms with Gasteiger partial charge in [-0.05, 0) is 38.5 Å². The van der Waals surface area contributed by atoms with Crippen molar-refractivity contribution in [3.8, 4) is 0 Å². The van der Waals surface area contributed by atoms with Crippen LogP contribution in [0.25, 0.3) is 0 Å². The van der Waals surface area contributed by atoms with Crippen molar-refractivity contribution in [2.24, 2.45) is 0 Å². The summed E-state index contributed by atoms with van der Waals surface area (Å²) in [7, 11) is 0. The van der Waals surface area contributed by atoms with Gasteiger partial charge in [-0.1, -0.05) is 12.8 Å². The fraction of sp³-hybridized carbons (Fsp3) is 0.737. The van der Waals surface area contributed by atoms with Crippen molar-refractivity contribution in [2.45, 2.75) is 63.5 Å². The number of anilines is 2. The van der Waals surface area contributed by atoms with E-state index in [2.05, 4.69) is 36.5 Å². The molecule has 0 bridgehead atoms. The minimum absolute atomic E-state index is 0.0100.